The number of carboxylic acids is 1. The highest BCUT2D eigenvalue weighted by Crippen LogP contribution is 2.24. The largest absolute Gasteiger partial charge is 0.478 e. The van der Waals surface area contributed by atoms with Crippen LogP contribution in [0.2, 0.25) is 0 Å². The summed E-state index contributed by atoms with van der Waals surface area (Å²) in [5, 5.41) is 12.1. The molecule has 1 aliphatic heterocycles. The fourth-order valence-electron chi connectivity index (χ4n) is 4.00. The number of piperidine rings is 1. The number of anilines is 1. The minimum atomic E-state index is -1.18. The first-order valence-corrected chi connectivity index (χ1v) is 12.4. The van der Waals surface area contributed by atoms with Crippen LogP contribution in [-0.2, 0) is 9.53 Å². The molecule has 0 saturated carbocycles. The lowest BCUT2D eigenvalue weighted by atomic mass is 10.1. The van der Waals surface area contributed by atoms with Crippen LogP contribution in [0.4, 0.5) is 10.6 Å². The van der Waals surface area contributed by atoms with Crippen LogP contribution in [0, 0.1) is 0 Å². The number of rotatable bonds is 7. The molecule has 3 aromatic rings. The van der Waals surface area contributed by atoms with E-state index in [1.807, 2.05) is 22.4 Å². The SMILES string of the molecule is CC(C)c1csc(C=Cc2ccn3c(=O)c(C=CC(=O)O)c(N4CCCC(OC(N)=O)C4)nc3c2)n1. The van der Waals surface area contributed by atoms with Crippen LogP contribution in [0.25, 0.3) is 23.9 Å². The van der Waals surface area contributed by atoms with Crippen LogP contribution >= 0.6 is 11.3 Å². The highest BCUT2D eigenvalue weighted by molar-refractivity contribution is 7.10. The Kier molecular flexibility index (Phi) is 7.49. The predicted octanol–water partition coefficient (Wildman–Crippen LogP) is 3.61. The molecular formula is C25H27N5O5S. The molecule has 11 heteroatoms. The van der Waals surface area contributed by atoms with E-state index in [-0.39, 0.29) is 5.56 Å². The van der Waals surface area contributed by atoms with Gasteiger partial charge in [0.15, 0.2) is 0 Å². The third-order valence-electron chi connectivity index (χ3n) is 5.77. The van der Waals surface area contributed by atoms with Crippen molar-refractivity contribution in [1.82, 2.24) is 14.4 Å². The number of carbonyl (C=O) groups is 2. The second-order valence-corrected chi connectivity index (χ2v) is 9.65. The van der Waals surface area contributed by atoms with E-state index in [4.69, 9.17) is 20.6 Å². The van der Waals surface area contributed by atoms with Gasteiger partial charge in [-0.2, -0.15) is 0 Å². The maximum Gasteiger partial charge on any atom is 0.404 e. The van der Waals surface area contributed by atoms with Gasteiger partial charge < -0.3 is 20.5 Å². The van der Waals surface area contributed by atoms with Crippen molar-refractivity contribution in [2.75, 3.05) is 18.0 Å². The third-order valence-corrected chi connectivity index (χ3v) is 6.60. The summed E-state index contributed by atoms with van der Waals surface area (Å²) in [6.45, 7) is 5.05. The van der Waals surface area contributed by atoms with E-state index in [1.165, 1.54) is 10.5 Å². The standard InChI is InChI=1S/C25H27N5O5S/c1-15(2)19-14-36-21(27-19)7-5-16-9-11-30-20(12-16)28-23(18(24(30)33)6-8-22(31)32)29-10-3-4-17(13-29)35-25(26)34/h5-9,11-12,14-15,17H,3-4,10,13H2,1-2H3,(H2,26,34)(H,31,32). The summed E-state index contributed by atoms with van der Waals surface area (Å²) in [5.74, 6) is -0.495. The lowest BCUT2D eigenvalue weighted by Crippen LogP contribution is -2.43. The third kappa shape index (κ3) is 5.80. The number of hydrogen-bond acceptors (Lipinski definition) is 8. The average molecular weight is 510 g/mol. The van der Waals surface area contributed by atoms with Gasteiger partial charge in [0, 0.05) is 24.2 Å². The summed E-state index contributed by atoms with van der Waals surface area (Å²) in [5.41, 5.74) is 7.20. The molecule has 1 atom stereocenters. The Bertz CT molecular complexity index is 1410. The Balaban J connectivity index is 1.73. The van der Waals surface area contributed by atoms with E-state index in [0.29, 0.717) is 43.3 Å². The Hall–Kier alpha value is -3.99. The first kappa shape index (κ1) is 25.1. The zero-order valence-corrected chi connectivity index (χ0v) is 20.8. The van der Waals surface area contributed by atoms with E-state index >= 15 is 0 Å². The van der Waals surface area contributed by atoms with E-state index < -0.39 is 23.7 Å². The average Bonchev–Trinajstić information content (AvgIpc) is 3.31. The molecule has 0 aromatic carbocycles. The van der Waals surface area contributed by atoms with Crippen LogP contribution in [0.3, 0.4) is 0 Å². The normalized spacial score (nSPS) is 16.4. The second kappa shape index (κ2) is 10.7. The first-order valence-electron chi connectivity index (χ1n) is 11.5. The molecule has 1 unspecified atom stereocenters. The predicted molar refractivity (Wildman–Crippen MR) is 139 cm³/mol. The van der Waals surface area contributed by atoms with E-state index in [9.17, 15) is 14.4 Å². The quantitative estimate of drug-likeness (QED) is 0.460. The molecule has 4 heterocycles. The maximum absolute atomic E-state index is 13.3. The Morgan fingerprint density at radius 1 is 1.28 bits per heavy atom. The summed E-state index contributed by atoms with van der Waals surface area (Å²) in [6.07, 6.45) is 7.61. The van der Waals surface area contributed by atoms with Gasteiger partial charge in [-0.1, -0.05) is 19.9 Å². The van der Waals surface area contributed by atoms with Crippen molar-refractivity contribution in [3.8, 4) is 0 Å². The van der Waals surface area contributed by atoms with E-state index in [1.54, 1.807) is 29.7 Å². The summed E-state index contributed by atoms with van der Waals surface area (Å²) < 4.78 is 6.55. The van der Waals surface area contributed by atoms with Gasteiger partial charge >= 0.3 is 12.1 Å². The van der Waals surface area contributed by atoms with Gasteiger partial charge in [0.05, 0.1) is 17.8 Å². The minimum absolute atomic E-state index is 0.141. The van der Waals surface area contributed by atoms with Gasteiger partial charge in [0.25, 0.3) is 5.56 Å². The van der Waals surface area contributed by atoms with Crippen molar-refractivity contribution >= 4 is 53.1 Å². The Morgan fingerprint density at radius 2 is 2.08 bits per heavy atom. The first-order chi connectivity index (χ1) is 17.2. The van der Waals surface area contributed by atoms with Gasteiger partial charge in [0.2, 0.25) is 0 Å². The van der Waals surface area contributed by atoms with Gasteiger partial charge in [-0.05, 0) is 48.6 Å². The molecule has 1 amide bonds. The highest BCUT2D eigenvalue weighted by Gasteiger charge is 2.26. The number of carbonyl (C=O) groups excluding carboxylic acids is 1. The molecule has 0 aliphatic carbocycles. The highest BCUT2D eigenvalue weighted by atomic mass is 32.1. The zero-order chi connectivity index (χ0) is 25.8. The monoisotopic (exact) mass is 509 g/mol. The van der Waals surface area contributed by atoms with Gasteiger partial charge in [-0.15, -0.1) is 11.3 Å². The minimum Gasteiger partial charge on any atom is -0.478 e. The molecule has 36 heavy (non-hydrogen) atoms. The molecule has 0 bridgehead atoms. The van der Waals surface area contributed by atoms with Crippen LogP contribution in [0.5, 0.6) is 0 Å². The molecule has 3 N–H and O–H groups in total. The lowest BCUT2D eigenvalue weighted by molar-refractivity contribution is -0.131. The fraction of sp³-hybridized carbons (Fsp3) is 0.320. The molecule has 188 valence electrons. The number of amides is 1. The molecule has 4 rings (SSSR count). The number of ether oxygens (including phenoxy) is 1. The molecule has 10 nitrogen and oxygen atoms in total. The summed E-state index contributed by atoms with van der Waals surface area (Å²) in [7, 11) is 0. The van der Waals surface area contributed by atoms with Crippen LogP contribution in [0.15, 0.2) is 34.6 Å². The molecule has 0 radical (unpaired) electrons. The number of aromatic nitrogens is 3. The number of thiazole rings is 1. The number of hydrogen-bond donors (Lipinski definition) is 2. The van der Waals surface area contributed by atoms with Crippen molar-refractivity contribution in [1.29, 1.82) is 0 Å². The molecular weight excluding hydrogens is 482 g/mol. The van der Waals surface area contributed by atoms with Crippen molar-refractivity contribution in [2.45, 2.75) is 38.7 Å². The zero-order valence-electron chi connectivity index (χ0n) is 20.0. The number of fused-ring (bicyclic) bond motifs is 1. The summed E-state index contributed by atoms with van der Waals surface area (Å²) in [4.78, 5) is 46.9. The molecule has 3 aromatic heterocycles. The van der Waals surface area contributed by atoms with Crippen LogP contribution in [0.1, 0.15) is 54.4 Å². The summed E-state index contributed by atoms with van der Waals surface area (Å²) >= 11 is 1.56. The van der Waals surface area contributed by atoms with E-state index in [0.717, 1.165) is 22.3 Å². The molecule has 1 aliphatic rings. The van der Waals surface area contributed by atoms with E-state index in [2.05, 4.69) is 18.8 Å². The topological polar surface area (TPSA) is 140 Å². The number of aliphatic carboxylic acids is 1. The summed E-state index contributed by atoms with van der Waals surface area (Å²) in [6, 6.07) is 3.57. The van der Waals surface area contributed by atoms with Crippen molar-refractivity contribution in [3.63, 3.8) is 0 Å². The molecule has 0 spiro atoms. The second-order valence-electron chi connectivity index (χ2n) is 8.76. The number of nitrogens with zero attached hydrogens (tertiary/aromatic N) is 4. The number of primary amides is 1. The lowest BCUT2D eigenvalue weighted by Gasteiger charge is -2.33. The number of pyridine rings is 1. The fourth-order valence-corrected chi connectivity index (χ4v) is 4.87. The molecule has 1 fully saturated rings. The smallest absolute Gasteiger partial charge is 0.404 e. The van der Waals surface area contributed by atoms with Crippen molar-refractivity contribution < 1.29 is 19.4 Å². The molecule has 1 saturated heterocycles. The van der Waals surface area contributed by atoms with Gasteiger partial charge in [-0.3, -0.25) is 9.20 Å². The Morgan fingerprint density at radius 3 is 2.78 bits per heavy atom. The Labute approximate surface area is 211 Å². The number of nitrogens with two attached hydrogens (primary N) is 1. The van der Waals surface area contributed by atoms with Crippen LogP contribution < -0.4 is 16.2 Å². The van der Waals surface area contributed by atoms with Crippen LogP contribution in [-0.4, -0.2) is 50.7 Å². The number of carboxylic acid groups (broad SMARTS) is 1. The van der Waals surface area contributed by atoms with Crippen molar-refractivity contribution in [3.05, 3.63) is 62.0 Å². The van der Waals surface area contributed by atoms with Gasteiger partial charge in [-0.25, -0.2) is 19.6 Å². The van der Waals surface area contributed by atoms with Gasteiger partial charge in [0.1, 0.15) is 22.6 Å². The van der Waals surface area contributed by atoms with Crippen molar-refractivity contribution in [2.24, 2.45) is 5.73 Å². The maximum atomic E-state index is 13.3.